The average Bonchev–Trinajstić information content (AvgIpc) is 3.22. The van der Waals surface area contributed by atoms with Crippen molar-refractivity contribution in [3.63, 3.8) is 0 Å². The molecule has 0 fully saturated rings. The van der Waals surface area contributed by atoms with Gasteiger partial charge in [-0.1, -0.05) is 77.6 Å². The predicted octanol–water partition coefficient (Wildman–Crippen LogP) is 11.9. The van der Waals surface area contributed by atoms with Crippen LogP contribution in [0.25, 0.3) is 0 Å². The number of carbonyl (C=O) groups excluding carboxylic acids is 1. The van der Waals surface area contributed by atoms with Crippen LogP contribution in [0.1, 0.15) is 108 Å². The minimum absolute atomic E-state index is 0. The van der Waals surface area contributed by atoms with Gasteiger partial charge in [-0.3, -0.25) is 25.0 Å². The Morgan fingerprint density at radius 2 is 1.21 bits per heavy atom. The molecule has 0 bridgehead atoms. The van der Waals surface area contributed by atoms with Crippen LogP contribution in [0.4, 0.5) is 20.2 Å². The van der Waals surface area contributed by atoms with Crippen molar-refractivity contribution in [2.75, 3.05) is 24.7 Å². The molecule has 0 aromatic heterocycles. The van der Waals surface area contributed by atoms with E-state index in [4.69, 9.17) is 0 Å². The summed E-state index contributed by atoms with van der Waals surface area (Å²) in [6.07, 6.45) is 8.12. The van der Waals surface area contributed by atoms with Crippen LogP contribution in [0.15, 0.2) is 94.7 Å². The Morgan fingerprint density at radius 1 is 0.702 bits per heavy atom. The van der Waals surface area contributed by atoms with Crippen LogP contribution in [-0.2, 0) is 6.42 Å². The van der Waals surface area contributed by atoms with E-state index in [0.29, 0.717) is 17.1 Å². The van der Waals surface area contributed by atoms with Crippen molar-refractivity contribution in [1.82, 2.24) is 0 Å². The molecule has 0 saturated carbocycles. The van der Waals surface area contributed by atoms with E-state index in [2.05, 4.69) is 20.8 Å². The molecule has 0 aliphatic rings. The van der Waals surface area contributed by atoms with Crippen molar-refractivity contribution in [2.45, 2.75) is 95.3 Å². The number of nitrogens with zero attached hydrogens (tertiary/aromatic N) is 2. The molecular formula is C44H56F2N2O7S2. The molecule has 0 amide bonds. The molecule has 2 unspecified atom stereocenters. The van der Waals surface area contributed by atoms with E-state index < -0.39 is 21.4 Å². The monoisotopic (exact) mass is 826 g/mol. The first kappa shape index (κ1) is 47.2. The number of unbranched alkanes of at least 4 members (excludes halogenated alkanes) is 2. The number of nitro benzene ring substituents is 2. The Labute approximate surface area is 344 Å². The molecule has 0 aliphatic heterocycles. The lowest BCUT2D eigenvalue weighted by molar-refractivity contribution is -0.385. The number of hydrogen-bond acceptors (Lipinski definition) is 9. The summed E-state index contributed by atoms with van der Waals surface area (Å²) in [5, 5.41) is 42.0. The van der Waals surface area contributed by atoms with Crippen LogP contribution in [-0.4, -0.2) is 50.6 Å². The first-order valence-electron chi connectivity index (χ1n) is 19.4. The molecule has 13 heteroatoms. The number of ketones is 1. The number of rotatable bonds is 22. The number of hydrogen-bond donors (Lipinski definition) is 2. The van der Waals surface area contributed by atoms with Gasteiger partial charge < -0.3 is 10.2 Å². The number of aliphatic hydroxyl groups is 2. The molecule has 2 N–H and O–H groups in total. The van der Waals surface area contributed by atoms with Crippen molar-refractivity contribution in [3.05, 3.63) is 139 Å². The van der Waals surface area contributed by atoms with Gasteiger partial charge in [0.15, 0.2) is 5.78 Å². The Hall–Kier alpha value is -4.17. The lowest BCUT2D eigenvalue weighted by Gasteiger charge is -2.30. The molecule has 0 heterocycles. The topological polar surface area (TPSA) is 144 Å². The fourth-order valence-corrected chi connectivity index (χ4v) is 9.04. The van der Waals surface area contributed by atoms with Crippen LogP contribution in [0, 0.1) is 42.7 Å². The number of thioether (sulfide) groups is 2. The first-order valence-corrected chi connectivity index (χ1v) is 21.3. The summed E-state index contributed by atoms with van der Waals surface area (Å²) in [5.41, 5.74) is 1.34. The second-order valence-corrected chi connectivity index (χ2v) is 16.5. The second kappa shape index (κ2) is 23.3. The number of aliphatic hydroxyl groups excluding tert-OH is 2. The van der Waals surface area contributed by atoms with Gasteiger partial charge in [-0.15, -0.1) is 23.5 Å². The fraction of sp³-hybridized carbons (Fsp3) is 0.432. The number of benzene rings is 4. The highest BCUT2D eigenvalue weighted by molar-refractivity contribution is 7.99. The lowest BCUT2D eigenvalue weighted by Crippen LogP contribution is -2.27. The van der Waals surface area contributed by atoms with E-state index in [1.807, 2.05) is 13.0 Å². The van der Waals surface area contributed by atoms with Crippen LogP contribution >= 0.6 is 23.5 Å². The van der Waals surface area contributed by atoms with Gasteiger partial charge in [0.25, 0.3) is 11.4 Å². The third-order valence-electron chi connectivity index (χ3n) is 10.4. The van der Waals surface area contributed by atoms with E-state index in [0.717, 1.165) is 73.1 Å². The first-order chi connectivity index (χ1) is 27.3. The highest BCUT2D eigenvalue weighted by Gasteiger charge is 2.29. The van der Waals surface area contributed by atoms with Crippen LogP contribution < -0.4 is 0 Å². The van der Waals surface area contributed by atoms with Crippen molar-refractivity contribution < 1.29 is 35.1 Å². The van der Waals surface area contributed by atoms with E-state index in [-0.39, 0.29) is 53.8 Å². The molecule has 4 aromatic rings. The summed E-state index contributed by atoms with van der Waals surface area (Å²) >= 11 is 3.05. The van der Waals surface area contributed by atoms with Gasteiger partial charge in [0, 0.05) is 82.2 Å². The third kappa shape index (κ3) is 14.0. The number of nitro groups is 2. The van der Waals surface area contributed by atoms with Gasteiger partial charge in [-0.05, 0) is 79.6 Å². The fourth-order valence-electron chi connectivity index (χ4n) is 6.29. The summed E-state index contributed by atoms with van der Waals surface area (Å²) in [7, 11) is 0. The van der Waals surface area contributed by atoms with Crippen molar-refractivity contribution >= 4 is 40.7 Å². The van der Waals surface area contributed by atoms with E-state index in [1.54, 1.807) is 30.0 Å². The highest BCUT2D eigenvalue weighted by Crippen LogP contribution is 2.39. The molecule has 2 atom stereocenters. The van der Waals surface area contributed by atoms with Gasteiger partial charge in [-0.2, -0.15) is 0 Å². The van der Waals surface area contributed by atoms with E-state index in [1.165, 1.54) is 72.4 Å². The van der Waals surface area contributed by atoms with Crippen molar-refractivity contribution in [3.8, 4) is 0 Å². The minimum Gasteiger partial charge on any atom is -0.396 e. The van der Waals surface area contributed by atoms with Gasteiger partial charge in [0.1, 0.15) is 11.6 Å². The maximum absolute atomic E-state index is 13.9. The zero-order chi connectivity index (χ0) is 42.0. The molecule has 0 spiro atoms. The standard InChI is InChI=1S/C22H26FNO4S.C22H28FNO3S.H2/c1-3-5-11-22(4-2,14-25)15-29-20-10-9-17(23)13-19(20)21(26)16-7-6-8-18(12-16)24(27)28;1-3-5-11-22(4-2,15-25)16-28-21-10-9-19(23)14-18(21)12-17-7-6-8-20(13-17)24(26)27;/h6-10,12-13,25H,3-5,11,14-15H2,1-2H3;6-10,13-14,25H,3-5,11-12,15-16H2,1-2H3;1H. The number of halogens is 2. The largest absolute Gasteiger partial charge is 0.396 e. The molecule has 4 rings (SSSR count). The molecule has 0 radical (unpaired) electrons. The smallest absolute Gasteiger partial charge is 0.270 e. The molecule has 4 aromatic carbocycles. The Morgan fingerprint density at radius 3 is 1.74 bits per heavy atom. The van der Waals surface area contributed by atoms with Crippen molar-refractivity contribution in [1.29, 1.82) is 0 Å². The van der Waals surface area contributed by atoms with Gasteiger partial charge in [0.2, 0.25) is 0 Å². The minimum atomic E-state index is -0.567. The van der Waals surface area contributed by atoms with Crippen molar-refractivity contribution in [2.24, 2.45) is 10.8 Å². The van der Waals surface area contributed by atoms with Gasteiger partial charge in [-0.25, -0.2) is 8.78 Å². The quantitative estimate of drug-likeness (QED) is 0.0342. The molecule has 310 valence electrons. The predicted molar refractivity (Wildman–Crippen MR) is 227 cm³/mol. The molecule has 0 saturated heterocycles. The normalized spacial score (nSPS) is 13.2. The molecular weight excluding hydrogens is 771 g/mol. The molecule has 9 nitrogen and oxygen atoms in total. The Balaban J connectivity index is 0.000000394. The number of carbonyl (C=O) groups is 1. The highest BCUT2D eigenvalue weighted by atomic mass is 32.2. The average molecular weight is 827 g/mol. The van der Waals surface area contributed by atoms with Crippen LogP contribution in [0.5, 0.6) is 0 Å². The van der Waals surface area contributed by atoms with Gasteiger partial charge >= 0.3 is 0 Å². The maximum atomic E-state index is 13.9. The van der Waals surface area contributed by atoms with E-state index in [9.17, 15) is 44.0 Å². The van der Waals surface area contributed by atoms with Gasteiger partial charge in [0.05, 0.1) is 9.85 Å². The second-order valence-electron chi connectivity index (χ2n) is 14.4. The maximum Gasteiger partial charge on any atom is 0.270 e. The summed E-state index contributed by atoms with van der Waals surface area (Å²) in [4.78, 5) is 35.6. The molecule has 57 heavy (non-hydrogen) atoms. The summed E-state index contributed by atoms with van der Waals surface area (Å²) < 4.78 is 27.8. The summed E-state index contributed by atoms with van der Waals surface area (Å²) in [6, 6.07) is 20.6. The molecule has 0 aliphatic carbocycles. The van der Waals surface area contributed by atoms with E-state index >= 15 is 0 Å². The number of non-ortho nitro benzene ring substituents is 2. The van der Waals surface area contributed by atoms with Crippen LogP contribution in [0.3, 0.4) is 0 Å². The Bertz CT molecular complexity index is 1940. The lowest BCUT2D eigenvalue weighted by atomic mass is 9.83. The van der Waals surface area contributed by atoms with Crippen LogP contribution in [0.2, 0.25) is 0 Å². The Kier molecular flexibility index (Phi) is 19.3. The summed E-state index contributed by atoms with van der Waals surface area (Å²) in [5.74, 6) is 0.0297. The zero-order valence-corrected chi connectivity index (χ0v) is 34.8. The third-order valence-corrected chi connectivity index (χ3v) is 13.3. The zero-order valence-electron chi connectivity index (χ0n) is 33.2. The summed E-state index contributed by atoms with van der Waals surface area (Å²) in [6.45, 7) is 8.56. The SMILES string of the molecule is CCCCC(CC)(CO)CSc1ccc(F)cc1C(=O)c1cccc([N+](=O)[O-])c1.CCCCC(CC)(CO)CSc1ccc(F)cc1Cc1cccc([N+](=O)[O-])c1.[HH].